The highest BCUT2D eigenvalue weighted by atomic mass is 35.5. The summed E-state index contributed by atoms with van der Waals surface area (Å²) in [6.07, 6.45) is 5.29. The van der Waals surface area contributed by atoms with Gasteiger partial charge in [-0.1, -0.05) is 24.4 Å². The number of hydrogen-bond donors (Lipinski definition) is 0. The predicted molar refractivity (Wildman–Crippen MR) is 69.6 cm³/mol. The topological polar surface area (TPSA) is 17.1 Å². The van der Waals surface area contributed by atoms with Gasteiger partial charge in [-0.05, 0) is 38.0 Å². The van der Waals surface area contributed by atoms with Crippen LogP contribution < -0.4 is 0 Å². The number of Topliss-reactive ketones (excluding diaryl/α,β-unsaturated/α-hetero) is 1. The highest BCUT2D eigenvalue weighted by molar-refractivity contribution is 8.00. The lowest BCUT2D eigenvalue weighted by molar-refractivity contribution is 0.101. The predicted octanol–water partition coefficient (Wildman–Crippen LogP) is 4.58. The third-order valence-corrected chi connectivity index (χ3v) is 4.57. The molecule has 0 bridgehead atoms. The fourth-order valence-electron chi connectivity index (χ4n) is 2.05. The zero-order valence-corrected chi connectivity index (χ0v) is 10.9. The maximum Gasteiger partial charge on any atom is 0.161 e. The molecule has 1 aliphatic carbocycles. The minimum absolute atomic E-state index is 0.0300. The Hall–Kier alpha value is -0.470. The summed E-state index contributed by atoms with van der Waals surface area (Å²) in [5.41, 5.74) is 0.623. The summed E-state index contributed by atoms with van der Waals surface area (Å²) in [6, 6.07) is 5.76. The van der Waals surface area contributed by atoms with Crippen LogP contribution in [0.4, 0.5) is 0 Å². The third kappa shape index (κ3) is 2.80. The number of carbonyl (C=O) groups is 1. The average Bonchev–Trinajstić information content (AvgIpc) is 2.70. The van der Waals surface area contributed by atoms with E-state index in [9.17, 15) is 4.79 Å². The third-order valence-electron chi connectivity index (χ3n) is 2.92. The summed E-state index contributed by atoms with van der Waals surface area (Å²) in [5, 5.41) is 1.31. The van der Waals surface area contributed by atoms with Gasteiger partial charge in [-0.3, -0.25) is 4.79 Å². The Kier molecular flexibility index (Phi) is 3.93. The molecule has 1 nitrogen and oxygen atoms in total. The van der Waals surface area contributed by atoms with Crippen molar-refractivity contribution in [3.63, 3.8) is 0 Å². The first-order valence-corrected chi connectivity index (χ1v) is 6.90. The molecule has 0 saturated heterocycles. The second-order valence-corrected chi connectivity index (χ2v) is 6.00. The molecule has 0 unspecified atom stereocenters. The van der Waals surface area contributed by atoms with Crippen LogP contribution in [-0.4, -0.2) is 11.0 Å². The minimum atomic E-state index is 0.0300. The first-order chi connectivity index (χ1) is 7.66. The van der Waals surface area contributed by atoms with E-state index in [1.165, 1.54) is 30.6 Å². The molecule has 0 spiro atoms. The smallest absolute Gasteiger partial charge is 0.161 e. The van der Waals surface area contributed by atoms with Gasteiger partial charge in [-0.2, -0.15) is 0 Å². The lowest BCUT2D eigenvalue weighted by Crippen LogP contribution is -1.96. The lowest BCUT2D eigenvalue weighted by atomic mass is 10.1. The highest BCUT2D eigenvalue weighted by Crippen LogP contribution is 2.36. The van der Waals surface area contributed by atoms with E-state index in [1.807, 2.05) is 30.0 Å². The summed E-state index contributed by atoms with van der Waals surface area (Å²) in [4.78, 5) is 12.4. The SMILES string of the molecule is CC(=O)c1ccc(SC2CCCC2)cc1Cl. The van der Waals surface area contributed by atoms with Gasteiger partial charge in [0.15, 0.2) is 5.78 Å². The molecule has 0 atom stereocenters. The van der Waals surface area contributed by atoms with E-state index in [-0.39, 0.29) is 5.78 Å². The van der Waals surface area contributed by atoms with Crippen LogP contribution in [0.1, 0.15) is 43.0 Å². The van der Waals surface area contributed by atoms with Crippen LogP contribution in [0.3, 0.4) is 0 Å². The van der Waals surface area contributed by atoms with Crippen molar-refractivity contribution in [2.24, 2.45) is 0 Å². The number of thioether (sulfide) groups is 1. The zero-order chi connectivity index (χ0) is 11.5. The molecule has 0 aliphatic heterocycles. The first-order valence-electron chi connectivity index (χ1n) is 5.64. The molecule has 0 heterocycles. The van der Waals surface area contributed by atoms with E-state index in [4.69, 9.17) is 11.6 Å². The summed E-state index contributed by atoms with van der Waals surface area (Å²) in [6.45, 7) is 1.55. The van der Waals surface area contributed by atoms with Crippen molar-refractivity contribution in [1.29, 1.82) is 0 Å². The second-order valence-electron chi connectivity index (χ2n) is 4.22. The number of hydrogen-bond acceptors (Lipinski definition) is 2. The molecule has 1 fully saturated rings. The Balaban J connectivity index is 2.11. The largest absolute Gasteiger partial charge is 0.294 e. The van der Waals surface area contributed by atoms with Crippen molar-refractivity contribution in [1.82, 2.24) is 0 Å². The summed E-state index contributed by atoms with van der Waals surface area (Å²) in [7, 11) is 0. The standard InChI is InChI=1S/C13H15ClOS/c1-9(15)12-7-6-11(8-13(12)14)16-10-4-2-3-5-10/h6-8,10H,2-5H2,1H3. The Morgan fingerprint density at radius 3 is 2.62 bits per heavy atom. The van der Waals surface area contributed by atoms with Gasteiger partial charge in [-0.15, -0.1) is 11.8 Å². The van der Waals surface area contributed by atoms with Crippen LogP contribution in [0.25, 0.3) is 0 Å². The van der Waals surface area contributed by atoms with Crippen LogP contribution in [0.15, 0.2) is 23.1 Å². The Morgan fingerprint density at radius 2 is 2.06 bits per heavy atom. The number of carbonyl (C=O) groups excluding carboxylic acids is 1. The molecule has 0 radical (unpaired) electrons. The monoisotopic (exact) mass is 254 g/mol. The van der Waals surface area contributed by atoms with Crippen LogP contribution in [-0.2, 0) is 0 Å². The van der Waals surface area contributed by atoms with Crippen molar-refractivity contribution >= 4 is 29.1 Å². The van der Waals surface area contributed by atoms with Gasteiger partial charge in [0.25, 0.3) is 0 Å². The summed E-state index contributed by atoms with van der Waals surface area (Å²) < 4.78 is 0. The van der Waals surface area contributed by atoms with E-state index < -0.39 is 0 Å². The lowest BCUT2D eigenvalue weighted by Gasteiger charge is -2.09. The van der Waals surface area contributed by atoms with Crippen LogP contribution in [0, 0.1) is 0 Å². The molecule has 1 aromatic carbocycles. The Morgan fingerprint density at radius 1 is 1.38 bits per heavy atom. The van der Waals surface area contributed by atoms with E-state index in [0.717, 1.165) is 5.25 Å². The second kappa shape index (κ2) is 5.24. The number of rotatable bonds is 3. The van der Waals surface area contributed by atoms with Gasteiger partial charge in [0, 0.05) is 15.7 Å². The van der Waals surface area contributed by atoms with Gasteiger partial charge in [0.1, 0.15) is 0 Å². The molecule has 0 N–H and O–H groups in total. The number of benzene rings is 1. The maximum absolute atomic E-state index is 11.2. The van der Waals surface area contributed by atoms with Gasteiger partial charge < -0.3 is 0 Å². The van der Waals surface area contributed by atoms with E-state index in [0.29, 0.717) is 10.6 Å². The molecule has 0 amide bonds. The normalized spacial score (nSPS) is 16.6. The summed E-state index contributed by atoms with van der Waals surface area (Å²) >= 11 is 7.97. The fraction of sp³-hybridized carbons (Fsp3) is 0.462. The number of ketones is 1. The highest BCUT2D eigenvalue weighted by Gasteiger charge is 2.16. The molecule has 2 rings (SSSR count). The maximum atomic E-state index is 11.2. The zero-order valence-electron chi connectivity index (χ0n) is 9.33. The van der Waals surface area contributed by atoms with Crippen LogP contribution in [0.5, 0.6) is 0 Å². The molecule has 1 aliphatic rings. The Labute approximate surface area is 106 Å². The van der Waals surface area contributed by atoms with Crippen molar-refractivity contribution in [3.05, 3.63) is 28.8 Å². The Bertz CT molecular complexity index is 397. The van der Waals surface area contributed by atoms with Gasteiger partial charge in [0.2, 0.25) is 0 Å². The van der Waals surface area contributed by atoms with E-state index in [1.54, 1.807) is 6.92 Å². The van der Waals surface area contributed by atoms with E-state index in [2.05, 4.69) is 0 Å². The van der Waals surface area contributed by atoms with Gasteiger partial charge in [0.05, 0.1) is 5.02 Å². The van der Waals surface area contributed by atoms with Gasteiger partial charge in [-0.25, -0.2) is 0 Å². The molecule has 16 heavy (non-hydrogen) atoms. The van der Waals surface area contributed by atoms with Crippen molar-refractivity contribution in [3.8, 4) is 0 Å². The minimum Gasteiger partial charge on any atom is -0.294 e. The summed E-state index contributed by atoms with van der Waals surface area (Å²) in [5.74, 6) is 0.0300. The van der Waals surface area contributed by atoms with Crippen LogP contribution in [0.2, 0.25) is 5.02 Å². The van der Waals surface area contributed by atoms with Crippen molar-refractivity contribution in [2.75, 3.05) is 0 Å². The van der Waals surface area contributed by atoms with E-state index >= 15 is 0 Å². The molecule has 0 aromatic heterocycles. The van der Waals surface area contributed by atoms with Crippen molar-refractivity contribution < 1.29 is 4.79 Å². The average molecular weight is 255 g/mol. The van der Waals surface area contributed by atoms with Crippen molar-refractivity contribution in [2.45, 2.75) is 42.8 Å². The molecule has 1 saturated carbocycles. The van der Waals surface area contributed by atoms with Gasteiger partial charge >= 0.3 is 0 Å². The molecule has 86 valence electrons. The fourth-order valence-corrected chi connectivity index (χ4v) is 3.72. The molecular formula is C13H15ClOS. The number of halogens is 1. The first kappa shape index (κ1) is 12.0. The molecule has 1 aromatic rings. The quantitative estimate of drug-likeness (QED) is 0.735. The molecular weight excluding hydrogens is 240 g/mol. The van der Waals surface area contributed by atoms with Crippen LogP contribution >= 0.6 is 23.4 Å². The molecule has 3 heteroatoms.